The van der Waals surface area contributed by atoms with E-state index in [0.717, 1.165) is 0 Å². The Hall–Kier alpha value is -2.50. The highest BCUT2D eigenvalue weighted by molar-refractivity contribution is 6.02. The number of aromatic nitrogens is 1. The number of esters is 1. The quantitative estimate of drug-likeness (QED) is 0.612. The van der Waals surface area contributed by atoms with Crippen LogP contribution in [0.5, 0.6) is 0 Å². The van der Waals surface area contributed by atoms with Gasteiger partial charge in [0.1, 0.15) is 0 Å². The molecule has 1 aromatic carbocycles. The van der Waals surface area contributed by atoms with E-state index in [4.69, 9.17) is 5.73 Å². The normalized spacial score (nSPS) is 10.3. The summed E-state index contributed by atoms with van der Waals surface area (Å²) in [6.07, 6.45) is 0.986. The zero-order valence-corrected chi connectivity index (χ0v) is 9.97. The van der Waals surface area contributed by atoms with E-state index >= 15 is 0 Å². The van der Waals surface area contributed by atoms with Gasteiger partial charge in [0, 0.05) is 17.3 Å². The lowest BCUT2D eigenvalue weighted by Gasteiger charge is -2.05. The number of ether oxygens (including phenoxy) is 2. The number of carbonyl (C=O) groups excluding carboxylic acids is 2. The second-order valence-corrected chi connectivity index (χ2v) is 3.65. The minimum atomic E-state index is -0.550. The second-order valence-electron chi connectivity index (χ2n) is 3.65. The molecular weight excluding hydrogens is 236 g/mol. The van der Waals surface area contributed by atoms with Gasteiger partial charge in [-0.25, -0.2) is 9.59 Å². The number of nitrogens with two attached hydrogens (primary N) is 1. The number of hydrogen-bond donors (Lipinski definition) is 1. The van der Waals surface area contributed by atoms with Crippen LogP contribution in [0.1, 0.15) is 10.4 Å². The van der Waals surface area contributed by atoms with Crippen LogP contribution < -0.4 is 5.73 Å². The van der Waals surface area contributed by atoms with Crippen LogP contribution in [0.3, 0.4) is 0 Å². The van der Waals surface area contributed by atoms with Crippen molar-refractivity contribution in [1.29, 1.82) is 0 Å². The molecule has 94 valence electrons. The van der Waals surface area contributed by atoms with Crippen molar-refractivity contribution < 1.29 is 19.1 Å². The van der Waals surface area contributed by atoms with Crippen molar-refractivity contribution in [2.24, 2.45) is 0 Å². The molecule has 0 amide bonds. The first kappa shape index (κ1) is 12.0. The van der Waals surface area contributed by atoms with Crippen LogP contribution >= 0.6 is 0 Å². The third-order valence-corrected chi connectivity index (χ3v) is 2.63. The van der Waals surface area contributed by atoms with E-state index in [-0.39, 0.29) is 5.56 Å². The summed E-state index contributed by atoms with van der Waals surface area (Å²) < 4.78 is 10.5. The standard InChI is InChI=1S/C12H12N2O4/c1-17-11(15)7-5-9(13)8-3-4-14(10(8)6-7)12(16)18-2/h3-6H,13H2,1-2H3. The molecule has 2 rings (SSSR count). The largest absolute Gasteiger partial charge is 0.465 e. The summed E-state index contributed by atoms with van der Waals surface area (Å²) in [6.45, 7) is 0. The Morgan fingerprint density at radius 1 is 1.22 bits per heavy atom. The fourth-order valence-corrected chi connectivity index (χ4v) is 1.76. The minimum Gasteiger partial charge on any atom is -0.465 e. The zero-order valence-electron chi connectivity index (χ0n) is 9.97. The molecule has 2 aromatic rings. The molecule has 1 aromatic heterocycles. The summed E-state index contributed by atoms with van der Waals surface area (Å²) in [5.74, 6) is -0.513. The molecule has 0 aliphatic carbocycles. The van der Waals surface area contributed by atoms with Gasteiger partial charge in [-0.1, -0.05) is 0 Å². The van der Waals surface area contributed by atoms with Gasteiger partial charge in [0.25, 0.3) is 0 Å². The van der Waals surface area contributed by atoms with Crippen LogP contribution in [0.15, 0.2) is 24.4 Å². The molecule has 0 radical (unpaired) electrons. The van der Waals surface area contributed by atoms with E-state index in [1.54, 1.807) is 6.07 Å². The van der Waals surface area contributed by atoms with Gasteiger partial charge in [-0.15, -0.1) is 0 Å². The Balaban J connectivity index is 2.68. The molecule has 6 nitrogen and oxygen atoms in total. The molecule has 0 bridgehead atoms. The van der Waals surface area contributed by atoms with Crippen LogP contribution in [0.25, 0.3) is 10.9 Å². The maximum absolute atomic E-state index is 11.5. The SMILES string of the molecule is COC(=O)c1cc(N)c2ccn(C(=O)OC)c2c1. The molecule has 0 spiro atoms. The van der Waals surface area contributed by atoms with Crippen molar-refractivity contribution in [3.05, 3.63) is 30.0 Å². The highest BCUT2D eigenvalue weighted by Crippen LogP contribution is 2.25. The first-order valence-corrected chi connectivity index (χ1v) is 5.15. The molecule has 0 fully saturated rings. The fourth-order valence-electron chi connectivity index (χ4n) is 1.76. The molecule has 1 heterocycles. The van der Waals surface area contributed by atoms with Crippen molar-refractivity contribution in [2.75, 3.05) is 20.0 Å². The summed E-state index contributed by atoms with van der Waals surface area (Å²) >= 11 is 0. The zero-order chi connectivity index (χ0) is 13.3. The third-order valence-electron chi connectivity index (χ3n) is 2.63. The van der Waals surface area contributed by atoms with Gasteiger partial charge in [-0.05, 0) is 18.2 Å². The van der Waals surface area contributed by atoms with Crippen molar-refractivity contribution in [3.63, 3.8) is 0 Å². The first-order valence-electron chi connectivity index (χ1n) is 5.15. The molecule has 0 atom stereocenters. The summed E-state index contributed by atoms with van der Waals surface area (Å²) in [5.41, 5.74) is 7.02. The lowest BCUT2D eigenvalue weighted by atomic mass is 10.1. The molecular formula is C12H12N2O4. The highest BCUT2D eigenvalue weighted by Gasteiger charge is 2.14. The number of rotatable bonds is 1. The van der Waals surface area contributed by atoms with E-state index in [9.17, 15) is 9.59 Å². The second kappa shape index (κ2) is 4.40. The highest BCUT2D eigenvalue weighted by atomic mass is 16.5. The van der Waals surface area contributed by atoms with Crippen LogP contribution in [0, 0.1) is 0 Å². The van der Waals surface area contributed by atoms with Gasteiger partial charge < -0.3 is 15.2 Å². The van der Waals surface area contributed by atoms with Gasteiger partial charge >= 0.3 is 12.1 Å². The Labute approximate surface area is 103 Å². The number of nitrogens with zero attached hydrogens (tertiary/aromatic N) is 1. The summed E-state index contributed by atoms with van der Waals surface area (Å²) in [4.78, 5) is 23.0. The van der Waals surface area contributed by atoms with E-state index in [1.807, 2.05) is 0 Å². The van der Waals surface area contributed by atoms with E-state index < -0.39 is 12.1 Å². The van der Waals surface area contributed by atoms with E-state index in [1.165, 1.54) is 37.1 Å². The molecule has 18 heavy (non-hydrogen) atoms. The van der Waals surface area contributed by atoms with Crippen LogP contribution in [0.2, 0.25) is 0 Å². The van der Waals surface area contributed by atoms with E-state index in [2.05, 4.69) is 9.47 Å². The third kappa shape index (κ3) is 1.77. The molecule has 0 aliphatic rings. The minimum absolute atomic E-state index is 0.284. The monoisotopic (exact) mass is 248 g/mol. The Morgan fingerprint density at radius 2 is 1.94 bits per heavy atom. The summed E-state index contributed by atoms with van der Waals surface area (Å²) in [5, 5.41) is 0.674. The lowest BCUT2D eigenvalue weighted by Crippen LogP contribution is -2.10. The molecule has 2 N–H and O–H groups in total. The smallest absolute Gasteiger partial charge is 0.418 e. The van der Waals surface area contributed by atoms with Crippen molar-refractivity contribution in [3.8, 4) is 0 Å². The molecule has 6 heteroatoms. The number of methoxy groups -OCH3 is 2. The Morgan fingerprint density at radius 3 is 2.56 bits per heavy atom. The number of carbonyl (C=O) groups is 2. The topological polar surface area (TPSA) is 83.5 Å². The molecule has 0 saturated heterocycles. The van der Waals surface area contributed by atoms with E-state index in [0.29, 0.717) is 16.6 Å². The predicted octanol–water partition coefficient (Wildman–Crippen LogP) is 1.62. The number of benzene rings is 1. The number of fused-ring (bicyclic) bond motifs is 1. The van der Waals surface area contributed by atoms with Crippen molar-refractivity contribution in [2.45, 2.75) is 0 Å². The summed E-state index contributed by atoms with van der Waals surface area (Å²) in [7, 11) is 2.56. The fraction of sp³-hybridized carbons (Fsp3) is 0.167. The molecule has 0 unspecified atom stereocenters. The first-order chi connectivity index (χ1) is 8.58. The van der Waals surface area contributed by atoms with Crippen molar-refractivity contribution in [1.82, 2.24) is 4.57 Å². The van der Waals surface area contributed by atoms with Gasteiger partial charge in [0.15, 0.2) is 0 Å². The van der Waals surface area contributed by atoms with Crippen LogP contribution in [-0.4, -0.2) is 30.8 Å². The maximum atomic E-state index is 11.5. The number of anilines is 1. The number of nitrogen functional groups attached to an aromatic ring is 1. The van der Waals surface area contributed by atoms with Gasteiger partial charge in [0.05, 0.1) is 25.3 Å². The predicted molar refractivity (Wildman–Crippen MR) is 65.5 cm³/mol. The van der Waals surface area contributed by atoms with Gasteiger partial charge in [0.2, 0.25) is 0 Å². The molecule has 0 saturated carbocycles. The maximum Gasteiger partial charge on any atom is 0.418 e. The summed E-state index contributed by atoms with van der Waals surface area (Å²) in [6, 6.07) is 4.73. The average molecular weight is 248 g/mol. The average Bonchev–Trinajstić information content (AvgIpc) is 2.81. The van der Waals surface area contributed by atoms with Crippen molar-refractivity contribution >= 4 is 28.7 Å². The Kier molecular flexibility index (Phi) is 2.93. The van der Waals surface area contributed by atoms with Crippen LogP contribution in [-0.2, 0) is 9.47 Å². The number of hydrogen-bond acceptors (Lipinski definition) is 5. The van der Waals surface area contributed by atoms with Crippen LogP contribution in [0.4, 0.5) is 10.5 Å². The lowest BCUT2D eigenvalue weighted by molar-refractivity contribution is 0.0601. The van der Waals surface area contributed by atoms with Gasteiger partial charge in [-0.2, -0.15) is 0 Å². The Bertz CT molecular complexity index is 630. The van der Waals surface area contributed by atoms with Gasteiger partial charge in [-0.3, -0.25) is 4.57 Å². The molecule has 0 aliphatic heterocycles.